The summed E-state index contributed by atoms with van der Waals surface area (Å²) in [6.45, 7) is 5.33. The molecule has 0 aromatic carbocycles. The first kappa shape index (κ1) is 11.5. The number of hydrogen-bond donors (Lipinski definition) is 1. The van der Waals surface area contributed by atoms with E-state index >= 15 is 0 Å². The van der Waals surface area contributed by atoms with E-state index in [0.29, 0.717) is 24.0 Å². The Morgan fingerprint density at radius 2 is 1.88 bits per heavy atom. The van der Waals surface area contributed by atoms with Gasteiger partial charge in [-0.2, -0.15) is 0 Å². The van der Waals surface area contributed by atoms with Gasteiger partial charge in [0, 0.05) is 18.1 Å². The van der Waals surface area contributed by atoms with Gasteiger partial charge in [0.1, 0.15) is 0 Å². The van der Waals surface area contributed by atoms with Gasteiger partial charge in [-0.15, -0.1) is 0 Å². The molecule has 2 heterocycles. The Bertz CT molecular complexity index is 320. The highest BCUT2D eigenvalue weighted by molar-refractivity contribution is 5.86. The van der Waals surface area contributed by atoms with Crippen molar-refractivity contribution in [3.05, 3.63) is 0 Å². The molecule has 17 heavy (non-hydrogen) atoms. The third-order valence-corrected chi connectivity index (χ3v) is 5.06. The van der Waals surface area contributed by atoms with E-state index in [1.807, 2.05) is 0 Å². The van der Waals surface area contributed by atoms with Crippen LogP contribution in [0.2, 0.25) is 0 Å². The number of amides is 1. The minimum atomic E-state index is -0.201. The van der Waals surface area contributed by atoms with Gasteiger partial charge < -0.3 is 10.2 Å². The van der Waals surface area contributed by atoms with Crippen LogP contribution in [0, 0.1) is 5.41 Å². The Hall–Kier alpha value is -0.570. The van der Waals surface area contributed by atoms with Crippen molar-refractivity contribution in [3.8, 4) is 0 Å². The van der Waals surface area contributed by atoms with Crippen LogP contribution in [0.25, 0.3) is 0 Å². The topological polar surface area (TPSA) is 32.3 Å². The monoisotopic (exact) mass is 236 g/mol. The molecule has 1 amide bonds. The minimum Gasteiger partial charge on any atom is -0.335 e. The summed E-state index contributed by atoms with van der Waals surface area (Å²) in [4.78, 5) is 14.9. The van der Waals surface area contributed by atoms with Gasteiger partial charge in [-0.1, -0.05) is 12.8 Å². The van der Waals surface area contributed by atoms with E-state index in [1.165, 1.54) is 38.5 Å². The van der Waals surface area contributed by atoms with Gasteiger partial charge in [0.2, 0.25) is 5.91 Å². The first-order chi connectivity index (χ1) is 8.12. The van der Waals surface area contributed by atoms with Crippen molar-refractivity contribution < 1.29 is 4.79 Å². The number of nitrogens with zero attached hydrogens (tertiary/aromatic N) is 1. The molecule has 2 unspecified atom stereocenters. The molecule has 2 atom stereocenters. The number of carbonyl (C=O) groups excluding carboxylic acids is 1. The molecule has 1 saturated carbocycles. The van der Waals surface area contributed by atoms with E-state index in [9.17, 15) is 4.79 Å². The van der Waals surface area contributed by atoms with Crippen LogP contribution in [-0.2, 0) is 4.79 Å². The van der Waals surface area contributed by atoms with Crippen molar-refractivity contribution in [1.82, 2.24) is 10.2 Å². The van der Waals surface area contributed by atoms with Crippen molar-refractivity contribution in [2.75, 3.05) is 6.54 Å². The van der Waals surface area contributed by atoms with E-state index in [0.717, 1.165) is 6.54 Å². The quantitative estimate of drug-likeness (QED) is 0.754. The standard InChI is InChI=1S/C14H24N2O/c1-14(2)12-11(8-5-9-15-12)16(13(14)17)10-6-3-4-7-10/h10-12,15H,3-9H2,1-2H3. The fourth-order valence-electron chi connectivity index (χ4n) is 4.14. The Morgan fingerprint density at radius 3 is 2.59 bits per heavy atom. The highest BCUT2D eigenvalue weighted by atomic mass is 16.2. The van der Waals surface area contributed by atoms with Crippen molar-refractivity contribution in [2.45, 2.75) is 70.5 Å². The number of hydrogen-bond acceptors (Lipinski definition) is 2. The van der Waals surface area contributed by atoms with Crippen LogP contribution >= 0.6 is 0 Å². The smallest absolute Gasteiger partial charge is 0.230 e. The lowest BCUT2D eigenvalue weighted by Gasteiger charge is -2.36. The summed E-state index contributed by atoms with van der Waals surface area (Å²) in [6.07, 6.45) is 7.48. The Kier molecular flexibility index (Phi) is 2.69. The number of nitrogens with one attached hydrogen (secondary N) is 1. The van der Waals surface area contributed by atoms with E-state index in [2.05, 4.69) is 24.1 Å². The Morgan fingerprint density at radius 1 is 1.18 bits per heavy atom. The van der Waals surface area contributed by atoms with Crippen molar-refractivity contribution in [2.24, 2.45) is 5.41 Å². The van der Waals surface area contributed by atoms with Crippen LogP contribution < -0.4 is 5.32 Å². The number of rotatable bonds is 1. The second-order valence-corrected chi connectivity index (χ2v) is 6.51. The molecule has 3 heteroatoms. The Labute approximate surface area is 104 Å². The fourth-order valence-corrected chi connectivity index (χ4v) is 4.14. The van der Waals surface area contributed by atoms with Gasteiger partial charge >= 0.3 is 0 Å². The summed E-state index contributed by atoms with van der Waals surface area (Å²) < 4.78 is 0. The van der Waals surface area contributed by atoms with E-state index < -0.39 is 0 Å². The molecular weight excluding hydrogens is 212 g/mol. The van der Waals surface area contributed by atoms with Gasteiger partial charge in [0.25, 0.3) is 0 Å². The van der Waals surface area contributed by atoms with Crippen LogP contribution in [0.5, 0.6) is 0 Å². The molecule has 3 rings (SSSR count). The molecule has 3 aliphatic rings. The number of likely N-dealkylation sites (tertiary alicyclic amines) is 1. The van der Waals surface area contributed by atoms with Gasteiger partial charge in [0.15, 0.2) is 0 Å². The second-order valence-electron chi connectivity index (χ2n) is 6.51. The van der Waals surface area contributed by atoms with E-state index in [1.54, 1.807) is 0 Å². The zero-order chi connectivity index (χ0) is 12.0. The maximum absolute atomic E-state index is 12.7. The Balaban J connectivity index is 1.89. The number of piperidine rings is 1. The normalized spacial score (nSPS) is 37.5. The molecule has 1 N–H and O–H groups in total. The SMILES string of the molecule is CC1(C)C(=O)N(C2CCCC2)C2CCCNC21. The summed E-state index contributed by atoms with van der Waals surface area (Å²) >= 11 is 0. The molecular formula is C14H24N2O. The maximum Gasteiger partial charge on any atom is 0.230 e. The molecule has 0 bridgehead atoms. The minimum absolute atomic E-state index is 0.201. The molecule has 3 nitrogen and oxygen atoms in total. The van der Waals surface area contributed by atoms with Gasteiger partial charge in [-0.3, -0.25) is 4.79 Å². The van der Waals surface area contributed by atoms with Gasteiger partial charge in [0.05, 0.1) is 5.41 Å². The molecule has 2 aliphatic heterocycles. The fraction of sp³-hybridized carbons (Fsp3) is 0.929. The lowest BCUT2D eigenvalue weighted by molar-refractivity contribution is -0.137. The third-order valence-electron chi connectivity index (χ3n) is 5.06. The van der Waals surface area contributed by atoms with Crippen LogP contribution in [0.15, 0.2) is 0 Å². The first-order valence-corrected chi connectivity index (χ1v) is 7.18. The lowest BCUT2D eigenvalue weighted by atomic mass is 9.81. The van der Waals surface area contributed by atoms with Gasteiger partial charge in [-0.05, 0) is 46.1 Å². The maximum atomic E-state index is 12.7. The van der Waals surface area contributed by atoms with Crippen molar-refractivity contribution in [3.63, 3.8) is 0 Å². The number of fused-ring (bicyclic) bond motifs is 1. The zero-order valence-corrected chi connectivity index (χ0v) is 11.0. The van der Waals surface area contributed by atoms with Crippen molar-refractivity contribution in [1.29, 1.82) is 0 Å². The summed E-state index contributed by atoms with van der Waals surface area (Å²) in [5.41, 5.74) is -0.201. The zero-order valence-electron chi connectivity index (χ0n) is 11.0. The summed E-state index contributed by atoms with van der Waals surface area (Å²) in [7, 11) is 0. The molecule has 1 aliphatic carbocycles. The average molecular weight is 236 g/mol. The molecule has 3 fully saturated rings. The molecule has 2 saturated heterocycles. The largest absolute Gasteiger partial charge is 0.335 e. The highest BCUT2D eigenvalue weighted by Crippen LogP contribution is 2.42. The molecule has 96 valence electrons. The predicted octanol–water partition coefficient (Wildman–Crippen LogP) is 1.92. The second kappa shape index (κ2) is 3.98. The average Bonchev–Trinajstić information content (AvgIpc) is 2.88. The predicted molar refractivity (Wildman–Crippen MR) is 67.7 cm³/mol. The highest BCUT2D eigenvalue weighted by Gasteiger charge is 2.55. The van der Waals surface area contributed by atoms with Crippen LogP contribution in [0.1, 0.15) is 52.4 Å². The molecule has 0 aromatic rings. The van der Waals surface area contributed by atoms with Crippen LogP contribution in [0.4, 0.5) is 0 Å². The molecule has 0 radical (unpaired) electrons. The van der Waals surface area contributed by atoms with E-state index in [-0.39, 0.29) is 5.41 Å². The summed E-state index contributed by atoms with van der Waals surface area (Å²) in [6, 6.07) is 1.38. The van der Waals surface area contributed by atoms with E-state index in [4.69, 9.17) is 0 Å². The van der Waals surface area contributed by atoms with Gasteiger partial charge in [-0.25, -0.2) is 0 Å². The van der Waals surface area contributed by atoms with Crippen molar-refractivity contribution >= 4 is 5.91 Å². The lowest BCUT2D eigenvalue weighted by Crippen LogP contribution is -2.51. The summed E-state index contributed by atoms with van der Waals surface area (Å²) in [5.74, 6) is 0.397. The first-order valence-electron chi connectivity index (χ1n) is 7.18. The van der Waals surface area contributed by atoms with Crippen LogP contribution in [0.3, 0.4) is 0 Å². The summed E-state index contributed by atoms with van der Waals surface area (Å²) in [5, 5.41) is 3.59. The molecule has 0 aromatic heterocycles. The molecule has 0 spiro atoms. The van der Waals surface area contributed by atoms with Crippen LogP contribution in [-0.4, -0.2) is 35.5 Å². The number of carbonyl (C=O) groups is 1. The third kappa shape index (κ3) is 1.62.